The number of aryl methyl sites for hydroxylation is 1. The third kappa shape index (κ3) is 2.96. The number of carbonyl (C=O) groups is 1. The average molecular weight is 252 g/mol. The molecule has 0 saturated heterocycles. The van der Waals surface area contributed by atoms with Crippen molar-refractivity contribution in [3.63, 3.8) is 0 Å². The zero-order valence-electron chi connectivity index (χ0n) is 10.7. The van der Waals surface area contributed by atoms with Gasteiger partial charge >= 0.3 is 0 Å². The van der Waals surface area contributed by atoms with Crippen LogP contribution in [0.5, 0.6) is 11.5 Å². The van der Waals surface area contributed by atoms with E-state index >= 15 is 0 Å². The fourth-order valence-electron chi connectivity index (χ4n) is 1.61. The fourth-order valence-corrected chi connectivity index (χ4v) is 1.61. The van der Waals surface area contributed by atoms with E-state index in [4.69, 9.17) is 10.00 Å². The molecule has 0 aliphatic rings. The Hall–Kier alpha value is -2.67. The number of Topliss-reactive ketones (excluding diaryl/α,β-unsaturated/α-hetero) is 1. The van der Waals surface area contributed by atoms with Crippen LogP contribution in [0.25, 0.3) is 0 Å². The molecule has 0 bridgehead atoms. The number of ketones is 1. The third-order valence-electron chi connectivity index (χ3n) is 2.60. The van der Waals surface area contributed by atoms with Crippen molar-refractivity contribution in [2.75, 3.05) is 0 Å². The molecule has 0 aliphatic heterocycles. The van der Waals surface area contributed by atoms with Gasteiger partial charge in [-0.25, -0.2) is 0 Å². The number of aromatic nitrogens is 1. The minimum atomic E-state index is -0.112. The standard InChI is InChI=1S/C15H12N2O2/c1-10-3-5-13(9-17-10)19-15-7-12(8-16)4-6-14(15)11(2)18/h3-7,9H,1-2H3. The van der Waals surface area contributed by atoms with Crippen LogP contribution in [-0.4, -0.2) is 10.8 Å². The van der Waals surface area contributed by atoms with Gasteiger partial charge in [-0.1, -0.05) is 0 Å². The highest BCUT2D eigenvalue weighted by molar-refractivity contribution is 5.97. The highest BCUT2D eigenvalue weighted by Gasteiger charge is 2.10. The van der Waals surface area contributed by atoms with Crippen LogP contribution in [0.15, 0.2) is 36.5 Å². The van der Waals surface area contributed by atoms with Crippen LogP contribution in [0.1, 0.15) is 28.5 Å². The second-order valence-corrected chi connectivity index (χ2v) is 4.12. The second-order valence-electron chi connectivity index (χ2n) is 4.12. The smallest absolute Gasteiger partial charge is 0.163 e. The molecule has 0 amide bonds. The van der Waals surface area contributed by atoms with Crippen molar-refractivity contribution >= 4 is 5.78 Å². The monoisotopic (exact) mass is 252 g/mol. The largest absolute Gasteiger partial charge is 0.455 e. The van der Waals surface area contributed by atoms with Crippen LogP contribution < -0.4 is 4.74 Å². The molecule has 0 spiro atoms. The molecule has 0 saturated carbocycles. The molecule has 1 aromatic carbocycles. The van der Waals surface area contributed by atoms with Crippen molar-refractivity contribution in [2.45, 2.75) is 13.8 Å². The highest BCUT2D eigenvalue weighted by Crippen LogP contribution is 2.26. The minimum Gasteiger partial charge on any atom is -0.455 e. The normalized spacial score (nSPS) is 9.74. The summed E-state index contributed by atoms with van der Waals surface area (Å²) in [5.74, 6) is 0.792. The van der Waals surface area contributed by atoms with E-state index in [1.165, 1.54) is 6.92 Å². The lowest BCUT2D eigenvalue weighted by Crippen LogP contribution is -1.98. The lowest BCUT2D eigenvalue weighted by molar-refractivity contribution is 0.101. The summed E-state index contributed by atoms with van der Waals surface area (Å²) >= 11 is 0. The van der Waals surface area contributed by atoms with Gasteiger partial charge in [-0.05, 0) is 44.2 Å². The first-order chi connectivity index (χ1) is 9.10. The summed E-state index contributed by atoms with van der Waals surface area (Å²) in [6, 6.07) is 10.3. The number of hydrogen-bond acceptors (Lipinski definition) is 4. The molecule has 4 nitrogen and oxygen atoms in total. The molecule has 2 rings (SSSR count). The predicted octanol–water partition coefficient (Wildman–Crippen LogP) is 3.26. The Morgan fingerprint density at radius 2 is 2.11 bits per heavy atom. The van der Waals surface area contributed by atoms with Crippen LogP contribution in [0.3, 0.4) is 0 Å². The summed E-state index contributed by atoms with van der Waals surface area (Å²) in [5.41, 5.74) is 1.77. The van der Waals surface area contributed by atoms with Gasteiger partial charge in [0.25, 0.3) is 0 Å². The Kier molecular flexibility index (Phi) is 3.58. The maximum absolute atomic E-state index is 11.5. The molecule has 1 heterocycles. The molecular weight excluding hydrogens is 240 g/mol. The Bertz CT molecular complexity index is 655. The summed E-state index contributed by atoms with van der Waals surface area (Å²) in [7, 11) is 0. The predicted molar refractivity (Wildman–Crippen MR) is 70.2 cm³/mol. The fraction of sp³-hybridized carbons (Fsp3) is 0.133. The van der Waals surface area contributed by atoms with Crippen molar-refractivity contribution < 1.29 is 9.53 Å². The van der Waals surface area contributed by atoms with Gasteiger partial charge in [0.05, 0.1) is 23.4 Å². The molecule has 0 radical (unpaired) electrons. The minimum absolute atomic E-state index is 0.112. The van der Waals surface area contributed by atoms with E-state index in [1.54, 1.807) is 30.5 Å². The van der Waals surface area contributed by atoms with Crippen molar-refractivity contribution in [1.82, 2.24) is 4.98 Å². The maximum atomic E-state index is 11.5. The highest BCUT2D eigenvalue weighted by atomic mass is 16.5. The van der Waals surface area contributed by atoms with Gasteiger partial charge in [0.15, 0.2) is 5.78 Å². The first kappa shape index (κ1) is 12.8. The molecule has 0 fully saturated rings. The number of nitriles is 1. The van der Waals surface area contributed by atoms with Gasteiger partial charge in [-0.15, -0.1) is 0 Å². The van der Waals surface area contributed by atoms with Crippen molar-refractivity contribution in [3.05, 3.63) is 53.3 Å². The number of pyridine rings is 1. The summed E-state index contributed by atoms with van der Waals surface area (Å²) in [6.07, 6.45) is 1.58. The van der Waals surface area contributed by atoms with E-state index in [0.29, 0.717) is 22.6 Å². The Labute approximate surface area is 111 Å². The third-order valence-corrected chi connectivity index (χ3v) is 2.60. The van der Waals surface area contributed by atoms with Crippen LogP contribution in [0, 0.1) is 18.3 Å². The number of carbonyl (C=O) groups excluding carboxylic acids is 1. The quantitative estimate of drug-likeness (QED) is 0.786. The van der Waals surface area contributed by atoms with E-state index in [-0.39, 0.29) is 5.78 Å². The van der Waals surface area contributed by atoms with Crippen LogP contribution in [0.4, 0.5) is 0 Å². The molecule has 1 aromatic heterocycles. The zero-order valence-corrected chi connectivity index (χ0v) is 10.7. The first-order valence-electron chi connectivity index (χ1n) is 5.76. The Morgan fingerprint density at radius 1 is 1.32 bits per heavy atom. The average Bonchev–Trinajstić information content (AvgIpc) is 2.41. The topological polar surface area (TPSA) is 63.0 Å². The van der Waals surface area contributed by atoms with E-state index < -0.39 is 0 Å². The second kappa shape index (κ2) is 5.32. The van der Waals surface area contributed by atoms with E-state index in [1.807, 2.05) is 19.1 Å². The van der Waals surface area contributed by atoms with Crippen LogP contribution >= 0.6 is 0 Å². The number of ether oxygens (including phenoxy) is 1. The molecule has 0 N–H and O–H groups in total. The van der Waals surface area contributed by atoms with Gasteiger partial charge < -0.3 is 4.74 Å². The summed E-state index contributed by atoms with van der Waals surface area (Å²) in [6.45, 7) is 3.34. The molecule has 0 aliphatic carbocycles. The first-order valence-corrected chi connectivity index (χ1v) is 5.76. The Balaban J connectivity index is 2.40. The van der Waals surface area contributed by atoms with Gasteiger partial charge in [-0.2, -0.15) is 5.26 Å². The number of rotatable bonds is 3. The number of nitrogens with zero attached hydrogens (tertiary/aromatic N) is 2. The summed E-state index contributed by atoms with van der Waals surface area (Å²) < 4.78 is 5.63. The van der Waals surface area contributed by atoms with E-state index in [2.05, 4.69) is 4.98 Å². The number of hydrogen-bond donors (Lipinski definition) is 0. The van der Waals surface area contributed by atoms with Crippen molar-refractivity contribution in [3.8, 4) is 17.6 Å². The van der Waals surface area contributed by atoms with Crippen LogP contribution in [0.2, 0.25) is 0 Å². The molecule has 4 heteroatoms. The van der Waals surface area contributed by atoms with Crippen molar-refractivity contribution in [1.29, 1.82) is 5.26 Å². The molecular formula is C15H12N2O2. The summed E-state index contributed by atoms with van der Waals surface area (Å²) in [4.78, 5) is 15.6. The molecule has 2 aromatic rings. The molecule has 0 unspecified atom stereocenters. The molecule has 0 atom stereocenters. The summed E-state index contributed by atoms with van der Waals surface area (Å²) in [5, 5.41) is 8.89. The Morgan fingerprint density at radius 3 is 2.68 bits per heavy atom. The lowest BCUT2D eigenvalue weighted by atomic mass is 10.1. The van der Waals surface area contributed by atoms with Crippen molar-refractivity contribution in [2.24, 2.45) is 0 Å². The van der Waals surface area contributed by atoms with E-state index in [0.717, 1.165) is 5.69 Å². The SMILES string of the molecule is CC(=O)c1ccc(C#N)cc1Oc1ccc(C)nc1. The molecule has 94 valence electrons. The molecule has 19 heavy (non-hydrogen) atoms. The lowest BCUT2D eigenvalue weighted by Gasteiger charge is -2.09. The van der Waals surface area contributed by atoms with Gasteiger partial charge in [-0.3, -0.25) is 9.78 Å². The van der Waals surface area contributed by atoms with Gasteiger partial charge in [0.2, 0.25) is 0 Å². The van der Waals surface area contributed by atoms with Crippen LogP contribution in [-0.2, 0) is 0 Å². The zero-order chi connectivity index (χ0) is 13.8. The maximum Gasteiger partial charge on any atom is 0.163 e. The van der Waals surface area contributed by atoms with Gasteiger partial charge in [0.1, 0.15) is 11.5 Å². The van der Waals surface area contributed by atoms with Gasteiger partial charge in [0, 0.05) is 5.69 Å². The van der Waals surface area contributed by atoms with E-state index in [9.17, 15) is 4.79 Å². The number of benzene rings is 1.